The maximum Gasteiger partial charge on any atom is 0.0989 e. The zero-order valence-corrected chi connectivity index (χ0v) is 10.7. The van der Waals surface area contributed by atoms with Crippen LogP contribution in [0.25, 0.3) is 0 Å². The predicted octanol–water partition coefficient (Wildman–Crippen LogP) is 2.85. The van der Waals surface area contributed by atoms with Gasteiger partial charge >= 0.3 is 0 Å². The Hall–Kier alpha value is -0.930. The van der Waals surface area contributed by atoms with E-state index in [-0.39, 0.29) is 5.60 Å². The predicted molar refractivity (Wildman–Crippen MR) is 69.1 cm³/mol. The number of aliphatic hydroxyl groups is 1. The number of nitrogens with zero attached hydrogens (tertiary/aromatic N) is 1. The zero-order chi connectivity index (χ0) is 12.4. The standard InChI is InChI=1S/C15H21NO2/c17-14(13-5-1-4-9-16-13)12-6-10-18-15(11-12)7-2-3-8-15/h1,4-5,9,12,14,17H,2-3,6-8,10-11H2. The summed E-state index contributed by atoms with van der Waals surface area (Å²) in [5, 5.41) is 10.5. The lowest BCUT2D eigenvalue weighted by atomic mass is 9.81. The second kappa shape index (κ2) is 4.98. The van der Waals surface area contributed by atoms with Crippen LogP contribution in [0.3, 0.4) is 0 Å². The zero-order valence-electron chi connectivity index (χ0n) is 10.7. The van der Waals surface area contributed by atoms with E-state index < -0.39 is 6.10 Å². The maximum absolute atomic E-state index is 10.5. The molecule has 18 heavy (non-hydrogen) atoms. The van der Waals surface area contributed by atoms with Crippen LogP contribution in [0.4, 0.5) is 0 Å². The average molecular weight is 247 g/mol. The van der Waals surface area contributed by atoms with Gasteiger partial charge < -0.3 is 9.84 Å². The number of hydrogen-bond donors (Lipinski definition) is 1. The molecule has 1 aromatic heterocycles. The van der Waals surface area contributed by atoms with E-state index in [0.717, 1.165) is 25.1 Å². The van der Waals surface area contributed by atoms with Crippen molar-refractivity contribution in [2.45, 2.75) is 50.2 Å². The van der Waals surface area contributed by atoms with E-state index in [1.807, 2.05) is 18.2 Å². The summed E-state index contributed by atoms with van der Waals surface area (Å²) in [5.41, 5.74) is 0.871. The molecule has 1 spiro atoms. The Balaban J connectivity index is 1.72. The van der Waals surface area contributed by atoms with E-state index >= 15 is 0 Å². The maximum atomic E-state index is 10.5. The Morgan fingerprint density at radius 3 is 2.89 bits per heavy atom. The molecule has 1 saturated heterocycles. The lowest BCUT2D eigenvalue weighted by molar-refractivity contribution is -0.113. The second-order valence-electron chi connectivity index (χ2n) is 5.69. The highest BCUT2D eigenvalue weighted by atomic mass is 16.5. The lowest BCUT2D eigenvalue weighted by Crippen LogP contribution is -2.39. The first-order valence-electron chi connectivity index (χ1n) is 7.02. The average Bonchev–Trinajstić information content (AvgIpc) is 2.87. The van der Waals surface area contributed by atoms with Crippen LogP contribution in [0, 0.1) is 5.92 Å². The van der Waals surface area contributed by atoms with Gasteiger partial charge in [0, 0.05) is 12.8 Å². The number of pyridine rings is 1. The molecular formula is C15H21NO2. The molecule has 2 aliphatic rings. The fraction of sp³-hybridized carbons (Fsp3) is 0.667. The summed E-state index contributed by atoms with van der Waals surface area (Å²) >= 11 is 0. The molecule has 1 N–H and O–H groups in total. The highest BCUT2D eigenvalue weighted by Gasteiger charge is 2.42. The van der Waals surface area contributed by atoms with Gasteiger partial charge in [0.25, 0.3) is 0 Å². The van der Waals surface area contributed by atoms with E-state index in [0.29, 0.717) is 5.92 Å². The molecule has 98 valence electrons. The third kappa shape index (κ3) is 2.29. The number of hydrogen-bond acceptors (Lipinski definition) is 3. The number of aliphatic hydroxyl groups excluding tert-OH is 1. The van der Waals surface area contributed by atoms with Gasteiger partial charge in [-0.05, 0) is 43.7 Å². The molecular weight excluding hydrogens is 226 g/mol. The van der Waals surface area contributed by atoms with Gasteiger partial charge in [0.05, 0.1) is 17.4 Å². The van der Waals surface area contributed by atoms with E-state index in [4.69, 9.17) is 4.74 Å². The highest BCUT2D eigenvalue weighted by Crippen LogP contribution is 2.44. The molecule has 0 bridgehead atoms. The van der Waals surface area contributed by atoms with Crippen molar-refractivity contribution in [1.82, 2.24) is 4.98 Å². The molecule has 2 heterocycles. The smallest absolute Gasteiger partial charge is 0.0989 e. The molecule has 1 aliphatic heterocycles. The quantitative estimate of drug-likeness (QED) is 0.873. The summed E-state index contributed by atoms with van der Waals surface area (Å²) in [5.74, 6) is 0.298. The molecule has 2 fully saturated rings. The van der Waals surface area contributed by atoms with Crippen LogP contribution >= 0.6 is 0 Å². The summed E-state index contributed by atoms with van der Waals surface area (Å²) < 4.78 is 6.01. The topological polar surface area (TPSA) is 42.4 Å². The van der Waals surface area contributed by atoms with E-state index in [2.05, 4.69) is 4.98 Å². The third-order valence-electron chi connectivity index (χ3n) is 4.48. The van der Waals surface area contributed by atoms with Gasteiger partial charge in [0.15, 0.2) is 0 Å². The van der Waals surface area contributed by atoms with Gasteiger partial charge in [-0.25, -0.2) is 0 Å². The lowest BCUT2D eigenvalue weighted by Gasteiger charge is -2.39. The molecule has 1 aromatic rings. The van der Waals surface area contributed by atoms with Crippen LogP contribution in [0.15, 0.2) is 24.4 Å². The van der Waals surface area contributed by atoms with Gasteiger partial charge in [-0.15, -0.1) is 0 Å². The molecule has 0 aromatic carbocycles. The van der Waals surface area contributed by atoms with Crippen LogP contribution in [0.2, 0.25) is 0 Å². The van der Waals surface area contributed by atoms with Crippen molar-refractivity contribution < 1.29 is 9.84 Å². The Morgan fingerprint density at radius 1 is 1.33 bits per heavy atom. The van der Waals surface area contributed by atoms with E-state index in [1.54, 1.807) is 6.20 Å². The van der Waals surface area contributed by atoms with Crippen molar-refractivity contribution >= 4 is 0 Å². The van der Waals surface area contributed by atoms with Crippen LogP contribution in [0.1, 0.15) is 50.3 Å². The molecule has 0 amide bonds. The van der Waals surface area contributed by atoms with Crippen molar-refractivity contribution in [2.75, 3.05) is 6.61 Å². The fourth-order valence-corrected chi connectivity index (χ4v) is 3.50. The Kier molecular flexibility index (Phi) is 3.35. The highest BCUT2D eigenvalue weighted by molar-refractivity contribution is 5.09. The summed E-state index contributed by atoms with van der Waals surface area (Å²) in [6.45, 7) is 0.786. The van der Waals surface area contributed by atoms with Gasteiger partial charge in [-0.2, -0.15) is 0 Å². The minimum absolute atomic E-state index is 0.0681. The minimum atomic E-state index is -0.437. The van der Waals surface area contributed by atoms with Crippen molar-refractivity contribution in [3.05, 3.63) is 30.1 Å². The fourth-order valence-electron chi connectivity index (χ4n) is 3.50. The number of aromatic nitrogens is 1. The monoisotopic (exact) mass is 247 g/mol. The SMILES string of the molecule is OC(c1ccccn1)C1CCOC2(CCCC2)C1. The van der Waals surface area contributed by atoms with Crippen molar-refractivity contribution in [3.8, 4) is 0 Å². The summed E-state index contributed by atoms with van der Waals surface area (Å²) in [7, 11) is 0. The molecule has 2 unspecified atom stereocenters. The van der Waals surface area contributed by atoms with Crippen LogP contribution in [-0.4, -0.2) is 22.3 Å². The van der Waals surface area contributed by atoms with Gasteiger partial charge in [-0.3, -0.25) is 4.98 Å². The largest absolute Gasteiger partial charge is 0.387 e. The summed E-state index contributed by atoms with van der Waals surface area (Å²) in [6.07, 6.45) is 8.12. The summed E-state index contributed by atoms with van der Waals surface area (Å²) in [4.78, 5) is 4.28. The first-order chi connectivity index (χ1) is 8.79. The molecule has 3 heteroatoms. The van der Waals surface area contributed by atoms with Gasteiger partial charge in [0.1, 0.15) is 0 Å². The Morgan fingerprint density at radius 2 is 2.17 bits per heavy atom. The first-order valence-corrected chi connectivity index (χ1v) is 7.02. The van der Waals surface area contributed by atoms with Gasteiger partial charge in [-0.1, -0.05) is 18.9 Å². The Labute approximate surface area is 108 Å². The normalized spacial score (nSPS) is 28.4. The number of rotatable bonds is 2. The van der Waals surface area contributed by atoms with Crippen LogP contribution in [-0.2, 0) is 4.74 Å². The van der Waals surface area contributed by atoms with E-state index in [1.165, 1.54) is 25.7 Å². The van der Waals surface area contributed by atoms with Crippen molar-refractivity contribution in [2.24, 2.45) is 5.92 Å². The second-order valence-corrected chi connectivity index (χ2v) is 5.69. The summed E-state index contributed by atoms with van der Waals surface area (Å²) in [6, 6.07) is 5.75. The Bertz CT molecular complexity index is 387. The first kappa shape index (κ1) is 12.1. The van der Waals surface area contributed by atoms with Crippen molar-refractivity contribution in [3.63, 3.8) is 0 Å². The molecule has 3 nitrogen and oxygen atoms in total. The van der Waals surface area contributed by atoms with Gasteiger partial charge in [0.2, 0.25) is 0 Å². The molecule has 1 aliphatic carbocycles. The number of ether oxygens (including phenoxy) is 1. The third-order valence-corrected chi connectivity index (χ3v) is 4.48. The van der Waals surface area contributed by atoms with Crippen LogP contribution < -0.4 is 0 Å². The van der Waals surface area contributed by atoms with Crippen LogP contribution in [0.5, 0.6) is 0 Å². The molecule has 3 rings (SSSR count). The molecule has 1 saturated carbocycles. The van der Waals surface area contributed by atoms with Crippen molar-refractivity contribution in [1.29, 1.82) is 0 Å². The minimum Gasteiger partial charge on any atom is -0.387 e. The molecule has 2 atom stereocenters. The molecule has 0 radical (unpaired) electrons. The van der Waals surface area contributed by atoms with E-state index in [9.17, 15) is 5.11 Å².